The standard InChI is InChI=1S/C15H23BrN2O2S/c1-11-8-18(14(19)20-15(2,3)4)6-5-17(11)9-13-7-12(16)10-21-13/h7,10-11H,5-6,8-9H2,1-4H3/t11-/m0/s1. The molecule has 0 N–H and O–H groups in total. The monoisotopic (exact) mass is 374 g/mol. The van der Waals surface area contributed by atoms with Crippen LogP contribution in [0.25, 0.3) is 0 Å². The van der Waals surface area contributed by atoms with E-state index in [-0.39, 0.29) is 6.09 Å². The molecule has 1 saturated heterocycles. The van der Waals surface area contributed by atoms with E-state index in [9.17, 15) is 4.79 Å². The molecule has 0 saturated carbocycles. The Morgan fingerprint density at radius 2 is 2.19 bits per heavy atom. The van der Waals surface area contributed by atoms with Crippen molar-refractivity contribution < 1.29 is 9.53 Å². The zero-order valence-electron chi connectivity index (χ0n) is 13.1. The summed E-state index contributed by atoms with van der Waals surface area (Å²) in [5.74, 6) is 0. The Labute approximate surface area is 139 Å². The Morgan fingerprint density at radius 3 is 2.71 bits per heavy atom. The van der Waals surface area contributed by atoms with E-state index in [1.807, 2.05) is 25.7 Å². The van der Waals surface area contributed by atoms with Gasteiger partial charge < -0.3 is 9.64 Å². The first-order valence-electron chi connectivity index (χ1n) is 7.19. The van der Waals surface area contributed by atoms with Gasteiger partial charge in [0.25, 0.3) is 0 Å². The number of halogens is 1. The van der Waals surface area contributed by atoms with Crippen molar-refractivity contribution in [3.8, 4) is 0 Å². The summed E-state index contributed by atoms with van der Waals surface area (Å²) in [4.78, 5) is 17.7. The molecule has 0 bridgehead atoms. The summed E-state index contributed by atoms with van der Waals surface area (Å²) >= 11 is 5.26. The Bertz CT molecular complexity index is 498. The summed E-state index contributed by atoms with van der Waals surface area (Å²) in [7, 11) is 0. The first-order chi connectivity index (χ1) is 9.74. The molecule has 0 unspecified atom stereocenters. The van der Waals surface area contributed by atoms with E-state index in [0.717, 1.165) is 30.7 Å². The molecule has 21 heavy (non-hydrogen) atoms. The van der Waals surface area contributed by atoms with Gasteiger partial charge in [0.15, 0.2) is 0 Å². The van der Waals surface area contributed by atoms with Crippen LogP contribution in [0.1, 0.15) is 32.6 Å². The van der Waals surface area contributed by atoms with Gasteiger partial charge >= 0.3 is 6.09 Å². The lowest BCUT2D eigenvalue weighted by Gasteiger charge is -2.40. The van der Waals surface area contributed by atoms with Crippen molar-refractivity contribution in [2.75, 3.05) is 19.6 Å². The number of hydrogen-bond donors (Lipinski definition) is 0. The Kier molecular flexibility index (Phi) is 5.33. The fraction of sp³-hybridized carbons (Fsp3) is 0.667. The zero-order valence-corrected chi connectivity index (χ0v) is 15.5. The number of thiophene rings is 1. The lowest BCUT2D eigenvalue weighted by molar-refractivity contribution is 0.00475. The van der Waals surface area contributed by atoms with Crippen LogP contribution in [0, 0.1) is 0 Å². The van der Waals surface area contributed by atoms with Crippen molar-refractivity contribution in [1.29, 1.82) is 0 Å². The quantitative estimate of drug-likeness (QED) is 0.785. The van der Waals surface area contributed by atoms with Crippen molar-refractivity contribution in [2.24, 2.45) is 0 Å². The molecule has 6 heteroatoms. The fourth-order valence-electron chi connectivity index (χ4n) is 2.36. The van der Waals surface area contributed by atoms with Crippen molar-refractivity contribution >= 4 is 33.4 Å². The largest absolute Gasteiger partial charge is 0.444 e. The van der Waals surface area contributed by atoms with Crippen LogP contribution in [0.5, 0.6) is 0 Å². The van der Waals surface area contributed by atoms with Crippen molar-refractivity contribution in [1.82, 2.24) is 9.80 Å². The minimum absolute atomic E-state index is 0.201. The summed E-state index contributed by atoms with van der Waals surface area (Å²) in [5, 5.41) is 2.11. The van der Waals surface area contributed by atoms with Crippen molar-refractivity contribution in [2.45, 2.75) is 45.9 Å². The predicted molar refractivity (Wildman–Crippen MR) is 89.7 cm³/mol. The summed E-state index contributed by atoms with van der Waals surface area (Å²) in [6.07, 6.45) is -0.201. The molecular formula is C15H23BrN2O2S. The van der Waals surface area contributed by atoms with Gasteiger partial charge in [-0.3, -0.25) is 4.90 Å². The van der Waals surface area contributed by atoms with Crippen molar-refractivity contribution in [3.63, 3.8) is 0 Å². The lowest BCUT2D eigenvalue weighted by atomic mass is 10.2. The van der Waals surface area contributed by atoms with Crippen LogP contribution >= 0.6 is 27.3 Å². The summed E-state index contributed by atoms with van der Waals surface area (Å²) < 4.78 is 6.59. The fourth-order valence-corrected chi connectivity index (χ4v) is 3.83. The smallest absolute Gasteiger partial charge is 0.410 e. The highest BCUT2D eigenvalue weighted by Gasteiger charge is 2.29. The first-order valence-corrected chi connectivity index (χ1v) is 8.87. The predicted octanol–water partition coefficient (Wildman–Crippen LogP) is 3.95. The van der Waals surface area contributed by atoms with E-state index in [0.29, 0.717) is 6.04 Å². The van der Waals surface area contributed by atoms with Gasteiger partial charge in [-0.1, -0.05) is 0 Å². The topological polar surface area (TPSA) is 32.8 Å². The Hall–Kier alpha value is -0.590. The number of amides is 1. The molecule has 2 rings (SSSR count). The van der Waals surface area contributed by atoms with E-state index >= 15 is 0 Å². The van der Waals surface area contributed by atoms with E-state index < -0.39 is 5.60 Å². The molecule has 1 amide bonds. The van der Waals surface area contributed by atoms with Crippen LogP contribution < -0.4 is 0 Å². The van der Waals surface area contributed by atoms with Crippen LogP contribution in [0.4, 0.5) is 4.79 Å². The van der Waals surface area contributed by atoms with E-state index in [4.69, 9.17) is 4.74 Å². The van der Waals surface area contributed by atoms with Gasteiger partial charge in [-0.2, -0.15) is 0 Å². The average molecular weight is 375 g/mol. The molecule has 118 valence electrons. The third-order valence-electron chi connectivity index (χ3n) is 3.40. The number of carbonyl (C=O) groups excluding carboxylic acids is 1. The van der Waals surface area contributed by atoms with Gasteiger partial charge in [0.05, 0.1) is 0 Å². The van der Waals surface area contributed by atoms with Gasteiger partial charge in [-0.05, 0) is 49.7 Å². The van der Waals surface area contributed by atoms with Crippen LogP contribution in [0.3, 0.4) is 0 Å². The third-order valence-corrected chi connectivity index (χ3v) is 5.08. The minimum Gasteiger partial charge on any atom is -0.444 e. The van der Waals surface area contributed by atoms with Gasteiger partial charge in [-0.15, -0.1) is 11.3 Å². The molecular weight excluding hydrogens is 352 g/mol. The lowest BCUT2D eigenvalue weighted by Crippen LogP contribution is -2.53. The Morgan fingerprint density at radius 1 is 1.48 bits per heavy atom. The van der Waals surface area contributed by atoms with Crippen LogP contribution in [0.2, 0.25) is 0 Å². The average Bonchev–Trinajstić information content (AvgIpc) is 2.75. The second-order valence-corrected chi connectivity index (χ2v) is 8.39. The SMILES string of the molecule is C[C@H]1CN(C(=O)OC(C)(C)C)CCN1Cc1cc(Br)cs1. The molecule has 1 atom stereocenters. The Balaban J connectivity index is 1.88. The molecule has 0 spiro atoms. The maximum absolute atomic E-state index is 12.1. The van der Waals surface area contributed by atoms with Gasteiger partial charge in [0.2, 0.25) is 0 Å². The highest BCUT2D eigenvalue weighted by atomic mass is 79.9. The first kappa shape index (κ1) is 16.8. The molecule has 1 aliphatic rings. The number of nitrogens with zero attached hydrogens (tertiary/aromatic N) is 2. The third kappa shape index (κ3) is 4.97. The number of carbonyl (C=O) groups is 1. The normalized spacial score (nSPS) is 20.6. The number of ether oxygens (including phenoxy) is 1. The molecule has 1 aromatic heterocycles. The molecule has 0 radical (unpaired) electrons. The molecule has 1 aromatic rings. The molecule has 1 aliphatic heterocycles. The van der Waals surface area contributed by atoms with Gasteiger partial charge in [0, 0.05) is 47.0 Å². The number of rotatable bonds is 2. The highest BCUT2D eigenvalue weighted by molar-refractivity contribution is 9.10. The second-order valence-electron chi connectivity index (χ2n) is 6.48. The molecule has 1 fully saturated rings. The highest BCUT2D eigenvalue weighted by Crippen LogP contribution is 2.23. The summed E-state index contributed by atoms with van der Waals surface area (Å²) in [6.45, 7) is 11.2. The number of hydrogen-bond acceptors (Lipinski definition) is 4. The second kappa shape index (κ2) is 6.67. The van der Waals surface area contributed by atoms with Crippen LogP contribution in [-0.4, -0.2) is 47.2 Å². The molecule has 0 aliphatic carbocycles. The van der Waals surface area contributed by atoms with Gasteiger partial charge in [0.1, 0.15) is 5.60 Å². The summed E-state index contributed by atoms with van der Waals surface area (Å²) in [5.41, 5.74) is -0.430. The minimum atomic E-state index is -0.430. The maximum Gasteiger partial charge on any atom is 0.410 e. The molecule has 2 heterocycles. The molecule has 4 nitrogen and oxygen atoms in total. The van der Waals surface area contributed by atoms with Crippen LogP contribution in [0.15, 0.2) is 15.9 Å². The van der Waals surface area contributed by atoms with E-state index in [2.05, 4.69) is 39.2 Å². The van der Waals surface area contributed by atoms with Crippen LogP contribution in [-0.2, 0) is 11.3 Å². The summed E-state index contributed by atoms with van der Waals surface area (Å²) in [6, 6.07) is 2.50. The van der Waals surface area contributed by atoms with E-state index in [1.54, 1.807) is 11.3 Å². The number of piperazine rings is 1. The van der Waals surface area contributed by atoms with Crippen molar-refractivity contribution in [3.05, 3.63) is 20.8 Å². The van der Waals surface area contributed by atoms with E-state index in [1.165, 1.54) is 4.88 Å². The zero-order chi connectivity index (χ0) is 15.6. The maximum atomic E-state index is 12.1. The van der Waals surface area contributed by atoms with Gasteiger partial charge in [-0.25, -0.2) is 4.79 Å². The molecule has 0 aromatic carbocycles.